The van der Waals surface area contributed by atoms with Gasteiger partial charge in [0, 0.05) is 0 Å². The Morgan fingerprint density at radius 3 is 1.43 bits per heavy atom. The fourth-order valence-electron chi connectivity index (χ4n) is 0. The van der Waals surface area contributed by atoms with Crippen molar-refractivity contribution in [1.82, 2.24) is 0 Å². The van der Waals surface area contributed by atoms with Crippen LogP contribution in [-0.2, 0) is 11.2 Å². The molecule has 0 saturated carbocycles. The predicted molar refractivity (Wildman–Crippen MR) is 18.0 cm³/mol. The standard InChI is InChI=1S/As2H2O5/c3-1(4)2(5,6)7/h(H2,5,6,7). The SMILES string of the molecule is O=[As](=O)[As](=O)(O)O. The van der Waals surface area contributed by atoms with Crippen molar-refractivity contribution in [3.8, 4) is 0 Å². The van der Waals surface area contributed by atoms with E-state index < -0.39 is 24.6 Å². The molecule has 0 heterocycles. The van der Waals surface area contributed by atoms with Gasteiger partial charge in [-0.05, 0) is 0 Å². The molecule has 7 heteroatoms. The van der Waals surface area contributed by atoms with Crippen molar-refractivity contribution in [3.63, 3.8) is 0 Å². The molecule has 0 aromatic heterocycles. The van der Waals surface area contributed by atoms with Crippen LogP contribution in [0.3, 0.4) is 0 Å². The molecule has 0 amide bonds. The van der Waals surface area contributed by atoms with E-state index >= 15 is 0 Å². The van der Waals surface area contributed by atoms with E-state index in [9.17, 15) is 11.2 Å². The third-order valence-corrected chi connectivity index (χ3v) is 5.74. The fraction of sp³-hybridized carbons (Fsp3) is 0. The molecule has 42 valence electrons. The Bertz CT molecular complexity index is 149. The number of rotatable bonds is 1. The molecule has 0 aromatic rings. The first-order valence-electron chi connectivity index (χ1n) is 1.15. The molecule has 0 fully saturated rings. The molecule has 0 aliphatic carbocycles. The topological polar surface area (TPSA) is 91.7 Å². The van der Waals surface area contributed by atoms with Crippen LogP contribution in [0.1, 0.15) is 0 Å². The van der Waals surface area contributed by atoms with Gasteiger partial charge in [0.25, 0.3) is 0 Å². The summed E-state index contributed by atoms with van der Waals surface area (Å²) < 4.78 is 43.7. The van der Waals surface area contributed by atoms with Gasteiger partial charge in [-0.3, -0.25) is 0 Å². The second kappa shape index (κ2) is 2.14. The Hall–Kier alpha value is 0.437. The number of hydrogen-bond acceptors (Lipinski definition) is 3. The summed E-state index contributed by atoms with van der Waals surface area (Å²) in [5.41, 5.74) is 0. The van der Waals surface area contributed by atoms with Gasteiger partial charge in [-0.2, -0.15) is 0 Å². The molecular weight excluding hydrogens is 230 g/mol. The molecule has 0 saturated heterocycles. The first-order chi connectivity index (χ1) is 2.94. The van der Waals surface area contributed by atoms with E-state index in [1.165, 1.54) is 0 Å². The molecule has 0 bridgehead atoms. The third kappa shape index (κ3) is 3.06. The van der Waals surface area contributed by atoms with Crippen LogP contribution in [0.15, 0.2) is 0 Å². The molecular formula is H2As2O5. The zero-order valence-electron chi connectivity index (χ0n) is 3.01. The van der Waals surface area contributed by atoms with Crippen LogP contribution in [0.5, 0.6) is 0 Å². The average Bonchev–Trinajstić information content (AvgIpc) is 1.31. The molecule has 5 nitrogen and oxygen atoms in total. The molecule has 7 heavy (non-hydrogen) atoms. The number of hydrogen-bond donors (Lipinski definition) is 2. The van der Waals surface area contributed by atoms with Gasteiger partial charge in [0.05, 0.1) is 0 Å². The molecule has 0 aliphatic heterocycles. The van der Waals surface area contributed by atoms with E-state index in [-0.39, 0.29) is 0 Å². The van der Waals surface area contributed by atoms with E-state index in [1.54, 1.807) is 0 Å². The van der Waals surface area contributed by atoms with Crippen LogP contribution in [0.2, 0.25) is 0 Å². The summed E-state index contributed by atoms with van der Waals surface area (Å²) in [6.45, 7) is 0. The van der Waals surface area contributed by atoms with Gasteiger partial charge in [-0.25, -0.2) is 0 Å². The van der Waals surface area contributed by atoms with Crippen LogP contribution < -0.4 is 0 Å². The Morgan fingerprint density at radius 1 is 1.29 bits per heavy atom. The predicted octanol–water partition coefficient (Wildman–Crippen LogP) is -2.23. The van der Waals surface area contributed by atoms with Crippen LogP contribution in [-0.4, -0.2) is 32.8 Å². The maximum absolute atomic E-state index is 9.53. The summed E-state index contributed by atoms with van der Waals surface area (Å²) in [4.78, 5) is 0. The molecule has 0 atom stereocenters. The zero-order chi connectivity index (χ0) is 6.08. The molecule has 0 unspecified atom stereocenters. The Kier molecular flexibility index (Phi) is 2.27. The minimum absolute atomic E-state index is 4.19. The Balaban J connectivity index is 4.42. The van der Waals surface area contributed by atoms with Crippen molar-refractivity contribution in [2.75, 3.05) is 0 Å². The van der Waals surface area contributed by atoms with Crippen LogP contribution >= 0.6 is 0 Å². The van der Waals surface area contributed by atoms with Crippen LogP contribution in [0.4, 0.5) is 0 Å². The van der Waals surface area contributed by atoms with Crippen molar-refractivity contribution in [3.05, 3.63) is 0 Å². The van der Waals surface area contributed by atoms with Gasteiger partial charge >= 0.3 is 44.0 Å². The quantitative estimate of drug-likeness (QED) is 0.499. The second-order valence-corrected chi connectivity index (χ2v) is 13.1. The molecule has 0 spiro atoms. The molecule has 0 aromatic carbocycles. The summed E-state index contributed by atoms with van der Waals surface area (Å²) in [6, 6.07) is 0. The summed E-state index contributed by atoms with van der Waals surface area (Å²) in [7, 11) is 0. The van der Waals surface area contributed by atoms with E-state index in [2.05, 4.69) is 0 Å². The summed E-state index contributed by atoms with van der Waals surface area (Å²) in [6.07, 6.45) is 0. The van der Waals surface area contributed by atoms with Crippen molar-refractivity contribution >= 4 is 24.6 Å². The summed E-state index contributed by atoms with van der Waals surface area (Å²) in [5, 5.41) is 0. The fourth-order valence-corrected chi connectivity index (χ4v) is 0. The van der Waals surface area contributed by atoms with E-state index in [0.29, 0.717) is 0 Å². The van der Waals surface area contributed by atoms with E-state index in [1.807, 2.05) is 0 Å². The normalized spacial score (nSPS) is 11.1. The first-order valence-corrected chi connectivity index (χ1v) is 10.3. The summed E-state index contributed by atoms with van der Waals surface area (Å²) >= 11 is -9.43. The average molecular weight is 232 g/mol. The van der Waals surface area contributed by atoms with Crippen molar-refractivity contribution < 1.29 is 19.4 Å². The van der Waals surface area contributed by atoms with Crippen LogP contribution in [0, 0.1) is 0 Å². The first kappa shape index (κ1) is 7.44. The van der Waals surface area contributed by atoms with Gasteiger partial charge in [0.2, 0.25) is 0 Å². The minimum atomic E-state index is -5.24. The molecule has 0 aliphatic rings. The molecule has 0 rings (SSSR count). The van der Waals surface area contributed by atoms with Gasteiger partial charge in [0.15, 0.2) is 0 Å². The monoisotopic (exact) mass is 232 g/mol. The van der Waals surface area contributed by atoms with Crippen LogP contribution in [0.25, 0.3) is 0 Å². The van der Waals surface area contributed by atoms with Gasteiger partial charge in [-0.1, -0.05) is 0 Å². The van der Waals surface area contributed by atoms with Crippen molar-refractivity contribution in [2.24, 2.45) is 0 Å². The van der Waals surface area contributed by atoms with Gasteiger partial charge in [-0.15, -0.1) is 0 Å². The molecule has 2 N–H and O–H groups in total. The van der Waals surface area contributed by atoms with Crippen molar-refractivity contribution in [1.29, 1.82) is 0 Å². The Labute approximate surface area is 44.3 Å². The van der Waals surface area contributed by atoms with Gasteiger partial charge in [0.1, 0.15) is 0 Å². The third-order valence-electron chi connectivity index (χ3n) is 0.213. The second-order valence-electron chi connectivity index (χ2n) is 0.751. The summed E-state index contributed by atoms with van der Waals surface area (Å²) in [5.74, 6) is 0. The zero-order valence-corrected chi connectivity index (χ0v) is 6.77. The van der Waals surface area contributed by atoms with Gasteiger partial charge < -0.3 is 0 Å². The van der Waals surface area contributed by atoms with Crippen molar-refractivity contribution in [2.45, 2.75) is 0 Å². The maximum atomic E-state index is 9.53. The van der Waals surface area contributed by atoms with E-state index in [4.69, 9.17) is 8.19 Å². The molecule has 0 radical (unpaired) electrons. The van der Waals surface area contributed by atoms with E-state index in [0.717, 1.165) is 0 Å². The Morgan fingerprint density at radius 2 is 1.43 bits per heavy atom.